The number of nitrogens with zero attached hydrogens (tertiary/aromatic N) is 1. The van der Waals surface area contributed by atoms with Crippen LogP contribution >= 0.6 is 0 Å². The number of carbonyl (C=O) groups excluding carboxylic acids is 1. The molecule has 1 heterocycles. The van der Waals surface area contributed by atoms with E-state index in [1.54, 1.807) is 7.11 Å². The van der Waals surface area contributed by atoms with Crippen LogP contribution in [0.5, 0.6) is 0 Å². The number of rotatable bonds is 8. The van der Waals surface area contributed by atoms with Crippen LogP contribution in [0.2, 0.25) is 0 Å². The Morgan fingerprint density at radius 3 is 2.78 bits per heavy atom. The molecule has 0 saturated heterocycles. The van der Waals surface area contributed by atoms with E-state index < -0.39 is 0 Å². The van der Waals surface area contributed by atoms with Crippen molar-refractivity contribution in [3.05, 3.63) is 53.1 Å². The van der Waals surface area contributed by atoms with Gasteiger partial charge >= 0.3 is 6.07 Å². The lowest BCUT2D eigenvalue weighted by Crippen LogP contribution is -2.38. The van der Waals surface area contributed by atoms with Crippen LogP contribution in [-0.2, 0) is 10.3 Å². The van der Waals surface area contributed by atoms with Gasteiger partial charge in [-0.05, 0) is 61.8 Å². The number of hydrogen-bond donors (Lipinski definition) is 4. The highest BCUT2D eigenvalue weighted by molar-refractivity contribution is 6.03. The van der Waals surface area contributed by atoms with E-state index in [9.17, 15) is 4.79 Å². The molecule has 7 heteroatoms. The molecule has 0 spiro atoms. The zero-order chi connectivity index (χ0) is 23.4. The minimum atomic E-state index is -0.338. The van der Waals surface area contributed by atoms with E-state index in [0.717, 1.165) is 42.6 Å². The zero-order valence-electron chi connectivity index (χ0n) is 19.7. The summed E-state index contributed by atoms with van der Waals surface area (Å²) in [5, 5.41) is 13.7. The Bertz CT molecular complexity index is 1040. The number of carbonyl (C=O) groups is 1. The maximum atomic E-state index is 12.8. The van der Waals surface area contributed by atoms with E-state index in [-0.39, 0.29) is 17.3 Å². The molecule has 0 bridgehead atoms. The summed E-state index contributed by atoms with van der Waals surface area (Å²) in [7, 11) is 1.70. The van der Waals surface area contributed by atoms with E-state index >= 15 is 0 Å². The highest BCUT2D eigenvalue weighted by atomic mass is 16.5. The average Bonchev–Trinajstić information content (AvgIpc) is 3.24. The number of imidazole rings is 1. The second-order valence-electron chi connectivity index (χ2n) is 9.63. The molecular formula is C25H34N5O2+. The van der Waals surface area contributed by atoms with Gasteiger partial charge in [0.15, 0.2) is 11.5 Å². The number of aromatic amines is 1. The number of H-pyrrole nitrogens is 1. The first-order chi connectivity index (χ1) is 15.1. The summed E-state index contributed by atoms with van der Waals surface area (Å²) in [6.07, 6.45) is 6.80. The van der Waals surface area contributed by atoms with E-state index in [4.69, 9.17) is 10.00 Å². The number of amides is 1. The third-order valence-corrected chi connectivity index (χ3v) is 6.11. The molecule has 1 aliphatic carbocycles. The lowest BCUT2D eigenvalue weighted by Gasteiger charge is -2.31. The fourth-order valence-corrected chi connectivity index (χ4v) is 3.88. The number of aromatic nitrogens is 2. The largest absolute Gasteiger partial charge is 0.383 e. The fraction of sp³-hybridized carbons (Fsp3) is 0.480. The number of methoxy groups -OCH3 is 1. The third kappa shape index (κ3) is 5.64. The van der Waals surface area contributed by atoms with Crippen molar-refractivity contribution in [2.75, 3.05) is 25.6 Å². The Hall–Kier alpha value is -2.95. The number of allylic oxidation sites excluding steroid dienone is 2. The minimum Gasteiger partial charge on any atom is -0.383 e. The Morgan fingerprint density at radius 1 is 1.38 bits per heavy atom. The summed E-state index contributed by atoms with van der Waals surface area (Å²) in [5.74, 6) is -0.176. The van der Waals surface area contributed by atoms with Crippen LogP contribution in [0.4, 0.5) is 5.69 Å². The molecule has 1 aromatic carbocycles. The predicted octanol–water partition coefficient (Wildman–Crippen LogP) is 2.85. The maximum Gasteiger partial charge on any atom is 0.328 e. The van der Waals surface area contributed by atoms with Crippen molar-refractivity contribution >= 4 is 17.2 Å². The lowest BCUT2D eigenvalue weighted by molar-refractivity contribution is -0.0912. The van der Waals surface area contributed by atoms with Gasteiger partial charge in [-0.1, -0.05) is 31.3 Å². The molecule has 0 atom stereocenters. The van der Waals surface area contributed by atoms with Gasteiger partial charge < -0.3 is 20.4 Å². The normalized spacial score (nSPS) is 15.7. The Kier molecular flexibility index (Phi) is 7.17. The molecule has 0 fully saturated rings. The van der Waals surface area contributed by atoms with Crippen LogP contribution in [0.15, 0.2) is 30.5 Å². The van der Waals surface area contributed by atoms with Crippen molar-refractivity contribution in [3.8, 4) is 6.07 Å². The molecule has 7 nitrogen and oxygen atoms in total. The number of hydrogen-bond acceptors (Lipinski definition) is 4. The van der Waals surface area contributed by atoms with Crippen molar-refractivity contribution in [1.82, 2.24) is 15.3 Å². The van der Waals surface area contributed by atoms with Gasteiger partial charge in [-0.25, -0.2) is 4.98 Å². The minimum absolute atomic E-state index is 0.162. The number of benzene rings is 1. The van der Waals surface area contributed by atoms with Crippen LogP contribution in [0.3, 0.4) is 0 Å². The average molecular weight is 437 g/mol. The first-order valence-electron chi connectivity index (χ1n) is 11.0. The van der Waals surface area contributed by atoms with Gasteiger partial charge in [0, 0.05) is 30.4 Å². The van der Waals surface area contributed by atoms with Crippen molar-refractivity contribution in [3.63, 3.8) is 0 Å². The Morgan fingerprint density at radius 2 is 2.16 bits per heavy atom. The molecule has 1 amide bonds. The highest BCUT2D eigenvalue weighted by Crippen LogP contribution is 2.41. The standard InChI is InChI=1S/C25H33N5O2/c1-24(2)10-8-17(9-11-24)20-14-18(25(3,4)28-12-13-32-5)6-7-21(20)30-23(31)22-27-16-19(15-26)29-22/h6-8,14,16,28H,9-13H2,1-5H3,(H,27,29)(H,30,31)/p+1. The number of ether oxygens (including phenoxy) is 1. The van der Waals surface area contributed by atoms with Gasteiger partial charge in [-0.3, -0.25) is 4.79 Å². The molecule has 0 radical (unpaired) electrons. The van der Waals surface area contributed by atoms with Gasteiger partial charge in [0.1, 0.15) is 0 Å². The molecule has 1 aromatic heterocycles. The van der Waals surface area contributed by atoms with Crippen LogP contribution in [-0.4, -0.2) is 36.1 Å². The molecule has 0 unspecified atom stereocenters. The summed E-state index contributed by atoms with van der Waals surface area (Å²) in [6.45, 7) is 10.3. The molecule has 0 saturated carbocycles. The van der Waals surface area contributed by atoms with E-state index in [1.165, 1.54) is 11.8 Å². The van der Waals surface area contributed by atoms with Crippen molar-refractivity contribution in [2.45, 2.75) is 52.5 Å². The van der Waals surface area contributed by atoms with Crippen molar-refractivity contribution in [1.29, 1.82) is 0 Å². The van der Waals surface area contributed by atoms with Crippen LogP contribution < -0.4 is 15.9 Å². The summed E-state index contributed by atoms with van der Waals surface area (Å²) in [6, 6.07) is 8.40. The predicted molar refractivity (Wildman–Crippen MR) is 125 cm³/mol. The second kappa shape index (κ2) is 9.68. The van der Waals surface area contributed by atoms with E-state index in [0.29, 0.717) is 17.7 Å². The molecule has 2 aromatic rings. The number of anilines is 1. The highest BCUT2D eigenvalue weighted by Gasteiger charge is 2.26. The second-order valence-corrected chi connectivity index (χ2v) is 9.63. The van der Waals surface area contributed by atoms with E-state index in [2.05, 4.69) is 66.5 Å². The Balaban J connectivity index is 1.94. The maximum absolute atomic E-state index is 12.8. The van der Waals surface area contributed by atoms with E-state index in [1.807, 2.05) is 12.1 Å². The van der Waals surface area contributed by atoms with Gasteiger partial charge in [0.2, 0.25) is 0 Å². The first kappa shape index (κ1) is 23.7. The molecule has 4 N–H and O–H groups in total. The summed E-state index contributed by atoms with van der Waals surface area (Å²) in [4.78, 5) is 19.7. The van der Waals surface area contributed by atoms with Crippen molar-refractivity contribution < 1.29 is 14.8 Å². The molecule has 3 rings (SSSR count). The van der Waals surface area contributed by atoms with Gasteiger partial charge in [-0.15, -0.1) is 0 Å². The van der Waals surface area contributed by atoms with Crippen molar-refractivity contribution in [2.24, 2.45) is 5.41 Å². The monoisotopic (exact) mass is 436 g/mol. The lowest BCUT2D eigenvalue weighted by atomic mass is 9.76. The SMILES string of the molecule is COCCNC(C)(C)c1ccc(NC(=O)c2ncc(C#[NH+])[nH]2)c(C2=CCC(C)(C)CC2)c1. The van der Waals surface area contributed by atoms with Gasteiger partial charge in [-0.2, -0.15) is 0 Å². The summed E-state index contributed by atoms with van der Waals surface area (Å²) < 4.78 is 5.18. The Labute approximate surface area is 190 Å². The topological polar surface area (TPSA) is 103 Å². The van der Waals surface area contributed by atoms with Gasteiger partial charge in [0.25, 0.3) is 5.91 Å². The summed E-state index contributed by atoms with van der Waals surface area (Å²) in [5.41, 5.74) is 4.60. The third-order valence-electron chi connectivity index (χ3n) is 6.11. The number of nitrogens with one attached hydrogen (secondary N) is 4. The van der Waals surface area contributed by atoms with Crippen LogP contribution in [0, 0.1) is 11.5 Å². The van der Waals surface area contributed by atoms with Crippen LogP contribution in [0.1, 0.15) is 74.4 Å². The summed E-state index contributed by atoms with van der Waals surface area (Å²) >= 11 is 0. The molecular weight excluding hydrogens is 402 g/mol. The molecule has 170 valence electrons. The van der Waals surface area contributed by atoms with Crippen LogP contribution in [0.25, 0.3) is 5.57 Å². The zero-order valence-corrected chi connectivity index (χ0v) is 19.7. The van der Waals surface area contributed by atoms with Gasteiger partial charge in [0.05, 0.1) is 12.8 Å². The first-order valence-corrected chi connectivity index (χ1v) is 11.0. The molecule has 0 aliphatic heterocycles. The fourth-order valence-electron chi connectivity index (χ4n) is 3.88. The molecule has 1 aliphatic rings. The molecule has 32 heavy (non-hydrogen) atoms. The quantitative estimate of drug-likeness (QED) is 0.478. The smallest absolute Gasteiger partial charge is 0.328 e.